The lowest BCUT2D eigenvalue weighted by Gasteiger charge is -2.34. The number of aliphatic hydroxyl groups is 3. The van der Waals surface area contributed by atoms with Crippen molar-refractivity contribution in [3.63, 3.8) is 0 Å². The van der Waals surface area contributed by atoms with Gasteiger partial charge in [0.25, 0.3) is 0 Å². The third-order valence-electron chi connectivity index (χ3n) is 5.41. The molecule has 26 heavy (non-hydrogen) atoms. The first kappa shape index (κ1) is 15.3. The summed E-state index contributed by atoms with van der Waals surface area (Å²) in [5.74, 6) is -0.694. The van der Waals surface area contributed by atoms with Crippen LogP contribution in [0.3, 0.4) is 0 Å². The van der Waals surface area contributed by atoms with Crippen molar-refractivity contribution in [2.75, 3.05) is 0 Å². The number of carbonyl (C=O) groups excluding carboxylic acids is 1. The maximum Gasteiger partial charge on any atom is 0.190 e. The van der Waals surface area contributed by atoms with Crippen molar-refractivity contribution in [3.8, 4) is 11.5 Å². The van der Waals surface area contributed by atoms with Crippen molar-refractivity contribution >= 4 is 33.4 Å². The first-order valence-corrected chi connectivity index (χ1v) is 8.15. The van der Waals surface area contributed by atoms with E-state index in [0.29, 0.717) is 32.7 Å². The van der Waals surface area contributed by atoms with Crippen LogP contribution in [0.15, 0.2) is 30.3 Å². The molecule has 3 atom stereocenters. The van der Waals surface area contributed by atoms with E-state index in [1.807, 2.05) is 0 Å². The van der Waals surface area contributed by atoms with Crippen molar-refractivity contribution in [1.82, 2.24) is 0 Å². The first-order valence-electron chi connectivity index (χ1n) is 8.15. The lowest BCUT2D eigenvalue weighted by atomic mass is 9.76. The summed E-state index contributed by atoms with van der Waals surface area (Å²) in [7, 11) is 0. The number of hydrogen-bond donors (Lipinski definition) is 5. The minimum absolute atomic E-state index is 0.139. The molecular formula is C20H14O6. The molecule has 3 aromatic rings. The highest BCUT2D eigenvalue weighted by Crippen LogP contribution is 2.51. The minimum atomic E-state index is -1.53. The fourth-order valence-corrected chi connectivity index (χ4v) is 4.27. The van der Waals surface area contributed by atoms with E-state index >= 15 is 0 Å². The van der Waals surface area contributed by atoms with E-state index in [1.165, 1.54) is 24.3 Å². The number of phenolic OH excluding ortho intramolecular Hbond substituents is 2. The van der Waals surface area contributed by atoms with Gasteiger partial charge in [-0.2, -0.15) is 0 Å². The van der Waals surface area contributed by atoms with Gasteiger partial charge < -0.3 is 25.5 Å². The predicted molar refractivity (Wildman–Crippen MR) is 94.1 cm³/mol. The number of aliphatic hydroxyl groups excluding tert-OH is 3. The van der Waals surface area contributed by atoms with Crippen LogP contribution < -0.4 is 0 Å². The highest BCUT2D eigenvalue weighted by atomic mass is 16.4. The summed E-state index contributed by atoms with van der Waals surface area (Å²) in [6.45, 7) is 0. The Kier molecular flexibility index (Phi) is 2.84. The number of fused-ring (bicyclic) bond motifs is 2. The number of hydrogen-bond acceptors (Lipinski definition) is 6. The summed E-state index contributed by atoms with van der Waals surface area (Å²) in [4.78, 5) is 12.3. The third kappa shape index (κ3) is 1.63. The topological polar surface area (TPSA) is 118 Å². The number of aromatic hydroxyl groups is 2. The second-order valence-electron chi connectivity index (χ2n) is 6.71. The molecule has 5 rings (SSSR count). The monoisotopic (exact) mass is 350 g/mol. The normalized spacial score (nSPS) is 23.8. The summed E-state index contributed by atoms with van der Waals surface area (Å²) < 4.78 is 0. The molecule has 0 fully saturated rings. The molecule has 0 aromatic heterocycles. The Morgan fingerprint density at radius 2 is 1.35 bits per heavy atom. The Morgan fingerprint density at radius 3 is 2.08 bits per heavy atom. The second-order valence-corrected chi connectivity index (χ2v) is 6.71. The van der Waals surface area contributed by atoms with Gasteiger partial charge in [0.2, 0.25) is 0 Å². The van der Waals surface area contributed by atoms with Crippen molar-refractivity contribution in [1.29, 1.82) is 0 Å². The molecule has 0 radical (unpaired) electrons. The van der Waals surface area contributed by atoms with Gasteiger partial charge in [-0.25, -0.2) is 0 Å². The van der Waals surface area contributed by atoms with E-state index in [1.54, 1.807) is 12.1 Å². The van der Waals surface area contributed by atoms with Crippen LogP contribution in [0, 0.1) is 0 Å². The van der Waals surface area contributed by atoms with Gasteiger partial charge in [-0.15, -0.1) is 0 Å². The Labute approximate surface area is 146 Å². The van der Waals surface area contributed by atoms with Crippen LogP contribution in [0.4, 0.5) is 0 Å². The van der Waals surface area contributed by atoms with Crippen LogP contribution in [0.5, 0.6) is 11.5 Å². The third-order valence-corrected chi connectivity index (χ3v) is 5.41. The van der Waals surface area contributed by atoms with Crippen molar-refractivity contribution in [2.24, 2.45) is 0 Å². The summed E-state index contributed by atoms with van der Waals surface area (Å²) in [6.07, 6.45) is -1.55. The van der Waals surface area contributed by atoms with E-state index in [9.17, 15) is 30.3 Å². The van der Waals surface area contributed by atoms with Gasteiger partial charge in [-0.1, -0.05) is 18.2 Å². The van der Waals surface area contributed by atoms with E-state index in [2.05, 4.69) is 0 Å². The van der Waals surface area contributed by atoms with Gasteiger partial charge in [-0.3, -0.25) is 4.79 Å². The molecule has 6 nitrogen and oxygen atoms in total. The lowest BCUT2D eigenvalue weighted by Crippen LogP contribution is -2.31. The molecule has 0 amide bonds. The fourth-order valence-electron chi connectivity index (χ4n) is 4.27. The number of phenols is 2. The quantitative estimate of drug-likeness (QED) is 0.396. The fraction of sp³-hybridized carbons (Fsp3) is 0.150. The summed E-state index contributed by atoms with van der Waals surface area (Å²) in [6, 6.07) is 6.13. The Hall–Kier alpha value is -2.93. The van der Waals surface area contributed by atoms with Crippen molar-refractivity contribution in [3.05, 3.63) is 52.6 Å². The smallest absolute Gasteiger partial charge is 0.190 e. The Balaban J connectivity index is 2.13. The summed E-state index contributed by atoms with van der Waals surface area (Å²) in [5, 5.41) is 54.0. The average molecular weight is 350 g/mol. The van der Waals surface area contributed by atoms with Crippen molar-refractivity contribution in [2.45, 2.75) is 18.3 Å². The Bertz CT molecular complexity index is 1180. The van der Waals surface area contributed by atoms with Gasteiger partial charge >= 0.3 is 0 Å². The number of rotatable bonds is 0. The van der Waals surface area contributed by atoms with Gasteiger partial charge in [0, 0.05) is 10.9 Å². The molecule has 2 aliphatic carbocycles. The van der Waals surface area contributed by atoms with Crippen molar-refractivity contribution < 1.29 is 30.3 Å². The molecule has 2 aliphatic rings. The maximum absolute atomic E-state index is 12.3. The highest BCUT2D eigenvalue weighted by Gasteiger charge is 2.39. The zero-order chi connectivity index (χ0) is 18.3. The van der Waals surface area contributed by atoms with E-state index in [4.69, 9.17) is 0 Å². The molecular weight excluding hydrogens is 336 g/mol. The largest absolute Gasteiger partial charge is 0.508 e. The lowest BCUT2D eigenvalue weighted by molar-refractivity contribution is -0.0656. The van der Waals surface area contributed by atoms with Gasteiger partial charge in [-0.05, 0) is 45.5 Å². The molecule has 0 bridgehead atoms. The van der Waals surface area contributed by atoms with Crippen LogP contribution in [0.2, 0.25) is 0 Å². The number of benzene rings is 3. The number of carbonyl (C=O) groups is 1. The van der Waals surface area contributed by atoms with Gasteiger partial charge in [0.15, 0.2) is 5.78 Å². The van der Waals surface area contributed by atoms with Crippen LogP contribution in [-0.2, 0) is 0 Å². The molecule has 0 heterocycles. The average Bonchev–Trinajstić information content (AvgIpc) is 2.62. The minimum Gasteiger partial charge on any atom is -0.508 e. The summed E-state index contributed by atoms with van der Waals surface area (Å²) >= 11 is 0. The molecule has 3 aromatic carbocycles. The standard InChI is InChI=1S/C20H14O6/c21-10-4-1-7-8-2-5-12(23)17-14(8)15(18(24)20(26)19(17)25)9-3-6-11(22)16(10)13(7)9/h1-6,18-21,23-26H/t18-,19-,20+/m0/s1. The zero-order valence-corrected chi connectivity index (χ0v) is 13.3. The van der Waals surface area contributed by atoms with Gasteiger partial charge in [0.05, 0.1) is 5.56 Å². The summed E-state index contributed by atoms with van der Waals surface area (Å²) in [5.41, 5.74) is 1.10. The van der Waals surface area contributed by atoms with Crippen LogP contribution in [0.25, 0.3) is 27.6 Å². The van der Waals surface area contributed by atoms with E-state index in [-0.39, 0.29) is 28.4 Å². The van der Waals surface area contributed by atoms with Gasteiger partial charge in [0.1, 0.15) is 29.8 Å². The molecule has 0 spiro atoms. The molecule has 0 aliphatic heterocycles. The molecule has 6 heteroatoms. The van der Waals surface area contributed by atoms with Crippen LogP contribution in [0.1, 0.15) is 39.3 Å². The van der Waals surface area contributed by atoms with E-state index in [0.717, 1.165) is 0 Å². The van der Waals surface area contributed by atoms with Crippen LogP contribution >= 0.6 is 0 Å². The molecule has 0 saturated carbocycles. The molecule has 0 saturated heterocycles. The highest BCUT2D eigenvalue weighted by molar-refractivity contribution is 6.27. The maximum atomic E-state index is 12.3. The molecule has 0 unspecified atom stereocenters. The molecule has 5 N–H and O–H groups in total. The predicted octanol–water partition coefficient (Wildman–Crippen LogP) is 2.06. The SMILES string of the molecule is O=C1C=Cc2c3c4c(c(O)ccc4c4ccc(O)c1c24)[C@H](O)[C@H](O)[C@H]3O. The van der Waals surface area contributed by atoms with E-state index < -0.39 is 18.3 Å². The number of allylic oxidation sites excluding steroid dienone is 1. The zero-order valence-electron chi connectivity index (χ0n) is 13.3. The molecule has 130 valence electrons. The first-order chi connectivity index (χ1) is 12.4. The van der Waals surface area contributed by atoms with Crippen LogP contribution in [-0.4, -0.2) is 37.4 Å². The number of ketones is 1. The second kappa shape index (κ2) is 4.82. The Morgan fingerprint density at radius 1 is 0.731 bits per heavy atom.